The van der Waals surface area contributed by atoms with Crippen LogP contribution in [0.5, 0.6) is 0 Å². The Kier molecular flexibility index (Phi) is 5.47. The number of primary amides is 1. The number of nitrogens with two attached hydrogens (primary N) is 1. The molecule has 25 heavy (non-hydrogen) atoms. The zero-order valence-corrected chi connectivity index (χ0v) is 14.7. The van der Waals surface area contributed by atoms with Crippen LogP contribution in [0.4, 0.5) is 0 Å². The van der Waals surface area contributed by atoms with Crippen molar-refractivity contribution >= 4 is 23.2 Å². The van der Waals surface area contributed by atoms with E-state index in [1.54, 1.807) is 6.07 Å². The molecule has 1 amide bonds. The lowest BCUT2D eigenvalue weighted by Gasteiger charge is -2.19. The highest BCUT2D eigenvalue weighted by molar-refractivity contribution is 7.14. The first-order chi connectivity index (χ1) is 12.1. The lowest BCUT2D eigenvalue weighted by atomic mass is 10.1. The second kappa shape index (κ2) is 7.77. The summed E-state index contributed by atoms with van der Waals surface area (Å²) in [6.45, 7) is 1.24. The Bertz CT molecular complexity index is 747. The molecular formula is C18H20N2O4S. The normalized spacial score (nSPS) is 20.5. The molecule has 1 saturated heterocycles. The topological polar surface area (TPSA) is 81.9 Å². The monoisotopic (exact) mass is 360 g/mol. The van der Waals surface area contributed by atoms with Crippen LogP contribution in [0.1, 0.15) is 26.2 Å². The van der Waals surface area contributed by atoms with Crippen LogP contribution in [-0.2, 0) is 20.7 Å². The highest BCUT2D eigenvalue weighted by Gasteiger charge is 2.38. The summed E-state index contributed by atoms with van der Waals surface area (Å²) < 4.78 is 10.8. The number of amides is 1. The van der Waals surface area contributed by atoms with Crippen molar-refractivity contribution in [2.75, 3.05) is 20.2 Å². The number of ether oxygens (including phenoxy) is 2. The molecule has 1 aliphatic rings. The third-order valence-corrected chi connectivity index (χ3v) is 5.31. The lowest BCUT2D eigenvalue weighted by molar-refractivity contribution is -0.160. The van der Waals surface area contributed by atoms with Gasteiger partial charge in [0.05, 0.1) is 18.1 Å². The fourth-order valence-corrected chi connectivity index (χ4v) is 3.71. The number of benzene rings is 1. The number of rotatable bonds is 6. The van der Waals surface area contributed by atoms with Crippen molar-refractivity contribution < 1.29 is 19.1 Å². The van der Waals surface area contributed by atoms with E-state index in [1.165, 1.54) is 18.4 Å². The smallest absolute Gasteiger partial charge is 0.350 e. The molecule has 3 rings (SSSR count). The van der Waals surface area contributed by atoms with Crippen LogP contribution in [0.15, 0.2) is 42.5 Å². The summed E-state index contributed by atoms with van der Waals surface area (Å²) >= 11 is 1.38. The summed E-state index contributed by atoms with van der Waals surface area (Å²) in [5.41, 5.74) is 6.32. The SMILES string of the molecule is COC(=O)C1O[C@H](c2ccccc2)CN1CCc1ccc(C(N)=O)s1. The molecule has 1 aromatic carbocycles. The second-order valence-electron chi connectivity index (χ2n) is 5.79. The second-order valence-corrected chi connectivity index (χ2v) is 6.95. The van der Waals surface area contributed by atoms with E-state index in [0.29, 0.717) is 24.4 Å². The van der Waals surface area contributed by atoms with Gasteiger partial charge >= 0.3 is 5.97 Å². The minimum Gasteiger partial charge on any atom is -0.466 e. The van der Waals surface area contributed by atoms with Gasteiger partial charge in [-0.2, -0.15) is 0 Å². The summed E-state index contributed by atoms with van der Waals surface area (Å²) in [5, 5.41) is 0. The van der Waals surface area contributed by atoms with Gasteiger partial charge in [-0.3, -0.25) is 9.69 Å². The Morgan fingerprint density at radius 2 is 2.04 bits per heavy atom. The summed E-state index contributed by atoms with van der Waals surface area (Å²) in [5.74, 6) is -0.820. The Morgan fingerprint density at radius 3 is 2.68 bits per heavy atom. The van der Waals surface area contributed by atoms with E-state index in [4.69, 9.17) is 15.2 Å². The van der Waals surface area contributed by atoms with Gasteiger partial charge in [-0.1, -0.05) is 30.3 Å². The van der Waals surface area contributed by atoms with E-state index < -0.39 is 18.1 Å². The van der Waals surface area contributed by atoms with Gasteiger partial charge in [-0.05, 0) is 24.1 Å². The fraction of sp³-hybridized carbons (Fsp3) is 0.333. The van der Waals surface area contributed by atoms with Gasteiger partial charge in [0.1, 0.15) is 0 Å². The maximum atomic E-state index is 12.1. The first-order valence-electron chi connectivity index (χ1n) is 7.99. The molecule has 0 bridgehead atoms. The summed E-state index contributed by atoms with van der Waals surface area (Å²) in [6, 6.07) is 13.4. The number of hydrogen-bond donors (Lipinski definition) is 1. The molecule has 1 aliphatic heterocycles. The molecule has 2 N–H and O–H groups in total. The number of thiophene rings is 1. The molecule has 6 nitrogen and oxygen atoms in total. The van der Waals surface area contributed by atoms with Crippen LogP contribution in [0.2, 0.25) is 0 Å². The van der Waals surface area contributed by atoms with Crippen molar-refractivity contribution in [2.45, 2.75) is 18.8 Å². The molecule has 0 spiro atoms. The third-order valence-electron chi connectivity index (χ3n) is 4.15. The van der Waals surface area contributed by atoms with Crippen LogP contribution < -0.4 is 5.73 Å². The average Bonchev–Trinajstić information content (AvgIpc) is 3.27. The van der Waals surface area contributed by atoms with Crippen molar-refractivity contribution in [3.05, 3.63) is 57.8 Å². The quantitative estimate of drug-likeness (QED) is 0.797. The molecule has 132 valence electrons. The molecule has 0 aliphatic carbocycles. The molecule has 7 heteroatoms. The lowest BCUT2D eigenvalue weighted by Crippen LogP contribution is -2.38. The molecule has 2 aromatic rings. The largest absolute Gasteiger partial charge is 0.466 e. The van der Waals surface area contributed by atoms with Gasteiger partial charge in [-0.25, -0.2) is 4.79 Å². The van der Waals surface area contributed by atoms with Gasteiger partial charge in [0.15, 0.2) is 0 Å². The van der Waals surface area contributed by atoms with Gasteiger partial charge in [0, 0.05) is 18.0 Å². The van der Waals surface area contributed by atoms with Gasteiger partial charge in [0.2, 0.25) is 6.23 Å². The third kappa shape index (κ3) is 4.07. The fourth-order valence-electron chi connectivity index (χ4n) is 2.86. The number of methoxy groups -OCH3 is 1. The minimum absolute atomic E-state index is 0.171. The zero-order chi connectivity index (χ0) is 17.8. The van der Waals surface area contributed by atoms with Crippen LogP contribution >= 0.6 is 11.3 Å². The number of hydrogen-bond acceptors (Lipinski definition) is 6. The highest BCUT2D eigenvalue weighted by Crippen LogP contribution is 2.30. The van der Waals surface area contributed by atoms with Crippen LogP contribution in [0, 0.1) is 0 Å². The molecule has 1 aromatic heterocycles. The first-order valence-corrected chi connectivity index (χ1v) is 8.81. The molecular weight excluding hydrogens is 340 g/mol. The van der Waals surface area contributed by atoms with Crippen molar-refractivity contribution in [3.63, 3.8) is 0 Å². The summed E-state index contributed by atoms with van der Waals surface area (Å²) in [7, 11) is 1.36. The predicted octanol–water partition coefficient (Wildman–Crippen LogP) is 1.96. The highest BCUT2D eigenvalue weighted by atomic mass is 32.1. The van der Waals surface area contributed by atoms with Gasteiger partial charge in [0.25, 0.3) is 5.91 Å². The predicted molar refractivity (Wildman–Crippen MR) is 94.2 cm³/mol. The molecule has 2 atom stereocenters. The maximum Gasteiger partial charge on any atom is 0.350 e. The van der Waals surface area contributed by atoms with Crippen molar-refractivity contribution in [1.29, 1.82) is 0 Å². The number of esters is 1. The Labute approximate surface area is 150 Å². The van der Waals surface area contributed by atoms with E-state index in [-0.39, 0.29) is 6.10 Å². The van der Waals surface area contributed by atoms with Crippen LogP contribution in [0.25, 0.3) is 0 Å². The van der Waals surface area contributed by atoms with Crippen LogP contribution in [-0.4, -0.2) is 43.2 Å². The summed E-state index contributed by atoms with van der Waals surface area (Å²) in [6.07, 6.45) is -0.184. The van der Waals surface area contributed by atoms with E-state index in [2.05, 4.69) is 0 Å². The van der Waals surface area contributed by atoms with E-state index in [9.17, 15) is 9.59 Å². The Morgan fingerprint density at radius 1 is 1.28 bits per heavy atom. The number of carbonyl (C=O) groups excluding carboxylic acids is 2. The Balaban J connectivity index is 1.68. The summed E-state index contributed by atoms with van der Waals surface area (Å²) in [4.78, 5) is 26.8. The number of carbonyl (C=O) groups is 2. The van der Waals surface area contributed by atoms with Crippen molar-refractivity contribution in [3.8, 4) is 0 Å². The zero-order valence-electron chi connectivity index (χ0n) is 13.9. The molecule has 0 saturated carbocycles. The molecule has 0 radical (unpaired) electrons. The van der Waals surface area contributed by atoms with Crippen molar-refractivity contribution in [1.82, 2.24) is 4.90 Å². The standard InChI is InChI=1S/C18H20N2O4S/c1-23-18(22)17-20(10-9-13-7-8-15(25-13)16(19)21)11-14(24-17)12-5-3-2-4-6-12/h2-8,14,17H,9-11H2,1H3,(H2,19,21)/t14-,17?/m0/s1. The van der Waals surface area contributed by atoms with E-state index in [0.717, 1.165) is 10.4 Å². The first kappa shape index (κ1) is 17.6. The minimum atomic E-state index is -0.717. The maximum absolute atomic E-state index is 12.1. The van der Waals surface area contributed by atoms with Crippen molar-refractivity contribution in [2.24, 2.45) is 5.73 Å². The Hall–Kier alpha value is -2.22. The molecule has 2 heterocycles. The number of nitrogens with zero attached hydrogens (tertiary/aromatic N) is 1. The molecule has 1 fully saturated rings. The van der Waals surface area contributed by atoms with Gasteiger partial charge < -0.3 is 15.2 Å². The van der Waals surface area contributed by atoms with Gasteiger partial charge in [-0.15, -0.1) is 11.3 Å². The van der Waals surface area contributed by atoms with E-state index in [1.807, 2.05) is 41.3 Å². The van der Waals surface area contributed by atoms with E-state index >= 15 is 0 Å². The molecule has 1 unspecified atom stereocenters. The average molecular weight is 360 g/mol. The van der Waals surface area contributed by atoms with Crippen LogP contribution in [0.3, 0.4) is 0 Å².